The molecule has 1 saturated carbocycles. The number of hydrogen-bond acceptors (Lipinski definition) is 4. The minimum atomic E-state index is 0.00619. The second kappa shape index (κ2) is 9.82. The van der Waals surface area contributed by atoms with Crippen molar-refractivity contribution in [3.63, 3.8) is 0 Å². The molecule has 0 unspecified atom stereocenters. The van der Waals surface area contributed by atoms with Gasteiger partial charge < -0.3 is 10.2 Å². The predicted octanol–water partition coefficient (Wildman–Crippen LogP) is 5.59. The van der Waals surface area contributed by atoms with E-state index in [1.54, 1.807) is 0 Å². The molecule has 1 fully saturated rings. The highest BCUT2D eigenvalue weighted by Crippen LogP contribution is 2.39. The molecule has 166 valence electrons. The molecule has 0 aliphatic heterocycles. The van der Waals surface area contributed by atoms with Crippen LogP contribution in [-0.2, 0) is 11.2 Å². The topological polar surface area (TPSA) is 58.1 Å². The van der Waals surface area contributed by atoms with Crippen LogP contribution in [0.3, 0.4) is 0 Å². The Morgan fingerprint density at radius 2 is 1.55 bits per heavy atom. The number of carbonyl (C=O) groups is 1. The summed E-state index contributed by atoms with van der Waals surface area (Å²) in [6, 6.07) is 28.3. The fraction of sp³-hybridized carbons (Fsp3) is 0.250. The van der Waals surface area contributed by atoms with Gasteiger partial charge in [-0.1, -0.05) is 60.7 Å². The van der Waals surface area contributed by atoms with E-state index in [1.165, 1.54) is 5.56 Å². The molecule has 33 heavy (non-hydrogen) atoms. The van der Waals surface area contributed by atoms with Gasteiger partial charge in [0.25, 0.3) is 0 Å². The monoisotopic (exact) mass is 436 g/mol. The standard InChI is InChI=1S/C28H28N4O/c33-26(29-23-11-5-2-6-12-23)18-20-32(19-17-21-9-3-1-4-10-21)28-24-13-7-8-14-25(24)30-27(31-28)22-15-16-22/h1-14,22H,15-20H2,(H,29,33). The van der Waals surface area contributed by atoms with Crippen LogP contribution < -0.4 is 10.2 Å². The molecule has 0 atom stereocenters. The zero-order valence-corrected chi connectivity index (χ0v) is 18.7. The van der Waals surface area contributed by atoms with Crippen LogP contribution in [0.5, 0.6) is 0 Å². The lowest BCUT2D eigenvalue weighted by Gasteiger charge is -2.25. The van der Waals surface area contributed by atoms with Crippen molar-refractivity contribution in [1.82, 2.24) is 9.97 Å². The average Bonchev–Trinajstić information content (AvgIpc) is 3.71. The van der Waals surface area contributed by atoms with Crippen molar-refractivity contribution in [2.45, 2.75) is 31.6 Å². The third-order valence-electron chi connectivity index (χ3n) is 6.02. The summed E-state index contributed by atoms with van der Waals surface area (Å²) in [5, 5.41) is 4.04. The number of benzene rings is 3. The Labute approximate surface area is 194 Å². The van der Waals surface area contributed by atoms with E-state index in [9.17, 15) is 4.79 Å². The molecule has 0 saturated heterocycles. The van der Waals surface area contributed by atoms with Crippen molar-refractivity contribution >= 4 is 28.3 Å². The van der Waals surface area contributed by atoms with E-state index in [4.69, 9.17) is 9.97 Å². The van der Waals surface area contributed by atoms with Gasteiger partial charge in [0, 0.05) is 36.5 Å². The van der Waals surface area contributed by atoms with E-state index >= 15 is 0 Å². The lowest BCUT2D eigenvalue weighted by atomic mass is 10.1. The van der Waals surface area contributed by atoms with Gasteiger partial charge in [-0.2, -0.15) is 0 Å². The predicted molar refractivity (Wildman–Crippen MR) is 134 cm³/mol. The second-order valence-corrected chi connectivity index (χ2v) is 8.58. The molecule has 5 heteroatoms. The van der Waals surface area contributed by atoms with E-state index in [0.717, 1.165) is 54.0 Å². The van der Waals surface area contributed by atoms with E-state index < -0.39 is 0 Å². The van der Waals surface area contributed by atoms with Crippen LogP contribution in [0.2, 0.25) is 0 Å². The minimum absolute atomic E-state index is 0.00619. The third kappa shape index (κ3) is 5.37. The van der Waals surface area contributed by atoms with Gasteiger partial charge >= 0.3 is 0 Å². The molecule has 5 rings (SSSR count). The van der Waals surface area contributed by atoms with E-state index in [2.05, 4.69) is 46.6 Å². The molecule has 1 N–H and O–H groups in total. The van der Waals surface area contributed by atoms with Crippen LogP contribution in [0.15, 0.2) is 84.9 Å². The van der Waals surface area contributed by atoms with Crippen LogP contribution in [0.4, 0.5) is 11.5 Å². The van der Waals surface area contributed by atoms with E-state index in [0.29, 0.717) is 18.9 Å². The number of amides is 1. The number of fused-ring (bicyclic) bond motifs is 1. The van der Waals surface area contributed by atoms with Crippen LogP contribution in [0.25, 0.3) is 10.9 Å². The Hall–Kier alpha value is -3.73. The van der Waals surface area contributed by atoms with Crippen molar-refractivity contribution in [3.05, 3.63) is 96.3 Å². The number of rotatable bonds is 9. The van der Waals surface area contributed by atoms with Gasteiger partial charge in [-0.05, 0) is 49.1 Å². The van der Waals surface area contributed by atoms with Gasteiger partial charge in [0.2, 0.25) is 5.91 Å². The summed E-state index contributed by atoms with van der Waals surface area (Å²) < 4.78 is 0. The molecule has 5 nitrogen and oxygen atoms in total. The van der Waals surface area contributed by atoms with Crippen LogP contribution >= 0.6 is 0 Å². The van der Waals surface area contributed by atoms with Gasteiger partial charge in [0.1, 0.15) is 11.6 Å². The average molecular weight is 437 g/mol. The molecule has 1 aliphatic rings. The Balaban J connectivity index is 1.40. The first-order valence-electron chi connectivity index (χ1n) is 11.7. The molecule has 0 radical (unpaired) electrons. The van der Waals surface area contributed by atoms with Crippen molar-refractivity contribution in [2.75, 3.05) is 23.3 Å². The molecule has 4 aromatic rings. The fourth-order valence-electron chi connectivity index (χ4n) is 4.06. The second-order valence-electron chi connectivity index (χ2n) is 8.58. The summed E-state index contributed by atoms with van der Waals surface area (Å²) in [6.45, 7) is 1.38. The molecule has 1 amide bonds. The van der Waals surface area contributed by atoms with Crippen LogP contribution in [0, 0.1) is 0 Å². The van der Waals surface area contributed by atoms with Crippen LogP contribution in [0.1, 0.15) is 36.6 Å². The van der Waals surface area contributed by atoms with E-state index in [-0.39, 0.29) is 5.91 Å². The van der Waals surface area contributed by atoms with Crippen molar-refractivity contribution < 1.29 is 4.79 Å². The molecular formula is C28H28N4O. The molecule has 0 spiro atoms. The zero-order chi connectivity index (χ0) is 22.5. The number of nitrogens with zero attached hydrogens (tertiary/aromatic N) is 3. The number of aromatic nitrogens is 2. The number of hydrogen-bond donors (Lipinski definition) is 1. The normalized spacial score (nSPS) is 13.1. The lowest BCUT2D eigenvalue weighted by Crippen LogP contribution is -2.31. The smallest absolute Gasteiger partial charge is 0.226 e. The molecule has 1 aromatic heterocycles. The molecule has 1 heterocycles. The first-order chi connectivity index (χ1) is 16.3. The molecular weight excluding hydrogens is 408 g/mol. The SMILES string of the molecule is O=C(CCN(CCc1ccccc1)c1nc(C2CC2)nc2ccccc12)Nc1ccccc1. The quantitative estimate of drug-likeness (QED) is 0.372. The summed E-state index contributed by atoms with van der Waals surface area (Å²) in [4.78, 5) is 24.8. The maximum absolute atomic E-state index is 12.7. The Morgan fingerprint density at radius 1 is 0.848 bits per heavy atom. The fourth-order valence-corrected chi connectivity index (χ4v) is 4.06. The number of nitrogens with one attached hydrogen (secondary N) is 1. The molecule has 0 bridgehead atoms. The summed E-state index contributed by atoms with van der Waals surface area (Å²) in [5.41, 5.74) is 3.07. The van der Waals surface area contributed by atoms with Gasteiger partial charge in [-0.25, -0.2) is 9.97 Å². The third-order valence-corrected chi connectivity index (χ3v) is 6.02. The first-order valence-corrected chi connectivity index (χ1v) is 11.7. The highest BCUT2D eigenvalue weighted by molar-refractivity contribution is 5.92. The number of anilines is 2. The van der Waals surface area contributed by atoms with Gasteiger partial charge in [-0.3, -0.25) is 4.79 Å². The maximum Gasteiger partial charge on any atom is 0.226 e. The number of carbonyl (C=O) groups excluding carboxylic acids is 1. The zero-order valence-electron chi connectivity index (χ0n) is 18.7. The van der Waals surface area contributed by atoms with E-state index in [1.807, 2.05) is 48.5 Å². The summed E-state index contributed by atoms with van der Waals surface area (Å²) in [6.07, 6.45) is 3.58. The largest absolute Gasteiger partial charge is 0.355 e. The summed E-state index contributed by atoms with van der Waals surface area (Å²) in [7, 11) is 0. The highest BCUT2D eigenvalue weighted by atomic mass is 16.1. The van der Waals surface area contributed by atoms with Gasteiger partial charge in [0.15, 0.2) is 0 Å². The number of para-hydroxylation sites is 2. The highest BCUT2D eigenvalue weighted by Gasteiger charge is 2.28. The Morgan fingerprint density at radius 3 is 2.30 bits per heavy atom. The maximum atomic E-state index is 12.7. The summed E-state index contributed by atoms with van der Waals surface area (Å²) in [5.74, 6) is 2.34. The van der Waals surface area contributed by atoms with Crippen LogP contribution in [-0.4, -0.2) is 29.0 Å². The lowest BCUT2D eigenvalue weighted by molar-refractivity contribution is -0.116. The Bertz CT molecular complexity index is 1220. The van der Waals surface area contributed by atoms with Crippen molar-refractivity contribution in [3.8, 4) is 0 Å². The van der Waals surface area contributed by atoms with Crippen molar-refractivity contribution in [2.24, 2.45) is 0 Å². The Kier molecular flexibility index (Phi) is 6.29. The summed E-state index contributed by atoms with van der Waals surface area (Å²) >= 11 is 0. The van der Waals surface area contributed by atoms with Crippen molar-refractivity contribution in [1.29, 1.82) is 0 Å². The molecule has 3 aromatic carbocycles. The minimum Gasteiger partial charge on any atom is -0.355 e. The first kappa shape index (κ1) is 21.1. The van der Waals surface area contributed by atoms with Gasteiger partial charge in [0.05, 0.1) is 5.52 Å². The molecule has 1 aliphatic carbocycles. The van der Waals surface area contributed by atoms with Gasteiger partial charge in [-0.15, -0.1) is 0 Å².